The number of hydrogen-bond donors (Lipinski definition) is 1. The van der Waals surface area contributed by atoms with Gasteiger partial charge in [-0.3, -0.25) is 4.79 Å². The van der Waals surface area contributed by atoms with Gasteiger partial charge in [0.1, 0.15) is 17.3 Å². The second-order valence-electron chi connectivity index (χ2n) is 6.86. The number of carbonyl (C=O) groups excluding carboxylic acids is 1. The fourth-order valence-electron chi connectivity index (χ4n) is 3.90. The summed E-state index contributed by atoms with van der Waals surface area (Å²) < 4.78 is 19.3. The highest BCUT2D eigenvalue weighted by Crippen LogP contribution is 2.42. The lowest BCUT2D eigenvalue weighted by Gasteiger charge is -2.30. The molecule has 2 aromatic rings. The number of benzene rings is 1. The van der Waals surface area contributed by atoms with E-state index < -0.39 is 5.41 Å². The van der Waals surface area contributed by atoms with Crippen LogP contribution >= 0.6 is 0 Å². The van der Waals surface area contributed by atoms with Crippen LogP contribution in [0.25, 0.3) is 0 Å². The molecule has 0 spiro atoms. The van der Waals surface area contributed by atoms with E-state index in [2.05, 4.69) is 5.32 Å². The van der Waals surface area contributed by atoms with E-state index in [1.165, 1.54) is 12.1 Å². The molecule has 0 bridgehead atoms. The van der Waals surface area contributed by atoms with Gasteiger partial charge < -0.3 is 9.73 Å². The van der Waals surface area contributed by atoms with Crippen LogP contribution in [-0.2, 0) is 10.2 Å². The third kappa shape index (κ3) is 2.97. The van der Waals surface area contributed by atoms with E-state index in [-0.39, 0.29) is 17.8 Å². The predicted octanol–water partition coefficient (Wildman–Crippen LogP) is 4.72. The van der Waals surface area contributed by atoms with Crippen LogP contribution in [0.5, 0.6) is 0 Å². The van der Waals surface area contributed by atoms with Crippen LogP contribution in [0, 0.1) is 19.7 Å². The SMILES string of the molecule is Cc1cc(C(C)NC(=O)C2(c3cccc(F)c3)CCCC2)c(C)o1. The molecule has 1 unspecified atom stereocenters. The first-order valence-electron chi connectivity index (χ1n) is 8.56. The third-order valence-corrected chi connectivity index (χ3v) is 5.16. The van der Waals surface area contributed by atoms with Gasteiger partial charge in [-0.25, -0.2) is 4.39 Å². The molecule has 0 radical (unpaired) electrons. The molecule has 0 aliphatic heterocycles. The Hall–Kier alpha value is -2.10. The van der Waals surface area contributed by atoms with Gasteiger partial charge in [0.15, 0.2) is 0 Å². The van der Waals surface area contributed by atoms with Crippen molar-refractivity contribution in [1.82, 2.24) is 5.32 Å². The minimum Gasteiger partial charge on any atom is -0.466 e. The average Bonchev–Trinajstić information content (AvgIpc) is 3.14. The van der Waals surface area contributed by atoms with Crippen molar-refractivity contribution >= 4 is 5.91 Å². The summed E-state index contributed by atoms with van der Waals surface area (Å²) in [5.74, 6) is 1.35. The van der Waals surface area contributed by atoms with Gasteiger partial charge >= 0.3 is 0 Å². The van der Waals surface area contributed by atoms with Gasteiger partial charge in [-0.1, -0.05) is 25.0 Å². The average molecular weight is 329 g/mol. The molecule has 1 aromatic carbocycles. The molecule has 3 nitrogen and oxygen atoms in total. The van der Waals surface area contributed by atoms with Crippen LogP contribution < -0.4 is 5.32 Å². The maximum atomic E-state index is 13.7. The van der Waals surface area contributed by atoms with Crippen molar-refractivity contribution in [2.75, 3.05) is 0 Å². The summed E-state index contributed by atoms with van der Waals surface area (Å²) >= 11 is 0. The molecule has 1 fully saturated rings. The van der Waals surface area contributed by atoms with Crippen molar-refractivity contribution in [2.24, 2.45) is 0 Å². The van der Waals surface area contributed by atoms with E-state index in [0.29, 0.717) is 0 Å². The van der Waals surface area contributed by atoms with E-state index >= 15 is 0 Å². The van der Waals surface area contributed by atoms with Crippen molar-refractivity contribution in [3.05, 3.63) is 58.8 Å². The summed E-state index contributed by atoms with van der Waals surface area (Å²) in [7, 11) is 0. The zero-order valence-electron chi connectivity index (χ0n) is 14.5. The number of halogens is 1. The highest BCUT2D eigenvalue weighted by atomic mass is 19.1. The maximum absolute atomic E-state index is 13.7. The van der Waals surface area contributed by atoms with Crippen LogP contribution in [0.1, 0.15) is 61.3 Å². The number of rotatable bonds is 4. The summed E-state index contributed by atoms with van der Waals surface area (Å²) in [5, 5.41) is 3.13. The van der Waals surface area contributed by atoms with Crippen molar-refractivity contribution in [3.8, 4) is 0 Å². The Morgan fingerprint density at radius 1 is 1.25 bits per heavy atom. The van der Waals surface area contributed by atoms with E-state index in [4.69, 9.17) is 4.42 Å². The van der Waals surface area contributed by atoms with Crippen molar-refractivity contribution in [2.45, 2.75) is 57.9 Å². The summed E-state index contributed by atoms with van der Waals surface area (Å²) in [6, 6.07) is 8.30. The van der Waals surface area contributed by atoms with E-state index in [1.807, 2.05) is 32.9 Å². The monoisotopic (exact) mass is 329 g/mol. The Kier molecular flexibility index (Phi) is 4.48. The Morgan fingerprint density at radius 3 is 2.54 bits per heavy atom. The van der Waals surface area contributed by atoms with Gasteiger partial charge in [-0.15, -0.1) is 0 Å². The zero-order valence-corrected chi connectivity index (χ0v) is 14.5. The molecule has 128 valence electrons. The van der Waals surface area contributed by atoms with E-state index in [0.717, 1.165) is 48.3 Å². The zero-order chi connectivity index (χ0) is 17.3. The van der Waals surface area contributed by atoms with Crippen LogP contribution in [0.3, 0.4) is 0 Å². The largest absolute Gasteiger partial charge is 0.466 e. The van der Waals surface area contributed by atoms with E-state index in [9.17, 15) is 9.18 Å². The van der Waals surface area contributed by atoms with Gasteiger partial charge in [-0.2, -0.15) is 0 Å². The van der Waals surface area contributed by atoms with Crippen LogP contribution in [-0.4, -0.2) is 5.91 Å². The minimum atomic E-state index is -0.622. The lowest BCUT2D eigenvalue weighted by molar-refractivity contribution is -0.127. The first-order chi connectivity index (χ1) is 11.4. The molecule has 1 aliphatic rings. The number of aryl methyl sites for hydroxylation is 2. The quantitative estimate of drug-likeness (QED) is 0.881. The molecular formula is C20H24FNO2. The van der Waals surface area contributed by atoms with Gasteiger partial charge in [0.05, 0.1) is 11.5 Å². The molecule has 3 rings (SSSR count). The lowest BCUT2D eigenvalue weighted by atomic mass is 9.77. The van der Waals surface area contributed by atoms with Gasteiger partial charge in [0, 0.05) is 5.56 Å². The smallest absolute Gasteiger partial charge is 0.231 e. The first-order valence-corrected chi connectivity index (χ1v) is 8.56. The molecule has 0 saturated heterocycles. The number of amides is 1. The maximum Gasteiger partial charge on any atom is 0.231 e. The fraction of sp³-hybridized carbons (Fsp3) is 0.450. The molecule has 1 atom stereocenters. The van der Waals surface area contributed by atoms with Crippen LogP contribution in [0.4, 0.5) is 4.39 Å². The second-order valence-corrected chi connectivity index (χ2v) is 6.86. The van der Waals surface area contributed by atoms with Crippen LogP contribution in [0.2, 0.25) is 0 Å². The molecule has 4 heteroatoms. The molecule has 1 saturated carbocycles. The molecule has 1 heterocycles. The normalized spacial score (nSPS) is 17.7. The van der Waals surface area contributed by atoms with Crippen molar-refractivity contribution in [3.63, 3.8) is 0 Å². The lowest BCUT2D eigenvalue weighted by Crippen LogP contribution is -2.43. The number of nitrogens with one attached hydrogen (secondary N) is 1. The van der Waals surface area contributed by atoms with Crippen LogP contribution in [0.15, 0.2) is 34.7 Å². The van der Waals surface area contributed by atoms with Crippen molar-refractivity contribution < 1.29 is 13.6 Å². The third-order valence-electron chi connectivity index (χ3n) is 5.16. The molecule has 1 aromatic heterocycles. The molecule has 1 aliphatic carbocycles. The molecule has 24 heavy (non-hydrogen) atoms. The summed E-state index contributed by atoms with van der Waals surface area (Å²) in [5.41, 5.74) is 1.15. The number of furan rings is 1. The predicted molar refractivity (Wildman–Crippen MR) is 91.3 cm³/mol. The number of carbonyl (C=O) groups is 1. The van der Waals surface area contributed by atoms with E-state index in [1.54, 1.807) is 6.07 Å². The molecule has 1 N–H and O–H groups in total. The summed E-state index contributed by atoms with van der Waals surface area (Å²) in [4.78, 5) is 13.1. The highest BCUT2D eigenvalue weighted by molar-refractivity contribution is 5.89. The Labute approximate surface area is 142 Å². The molecular weight excluding hydrogens is 305 g/mol. The Balaban J connectivity index is 1.87. The summed E-state index contributed by atoms with van der Waals surface area (Å²) in [6.07, 6.45) is 3.50. The Bertz CT molecular complexity index is 744. The first kappa shape index (κ1) is 16.7. The topological polar surface area (TPSA) is 42.2 Å². The minimum absolute atomic E-state index is 0.0173. The van der Waals surface area contributed by atoms with Gasteiger partial charge in [0.25, 0.3) is 0 Å². The highest BCUT2D eigenvalue weighted by Gasteiger charge is 2.43. The molecule has 1 amide bonds. The second kappa shape index (κ2) is 6.42. The fourth-order valence-corrected chi connectivity index (χ4v) is 3.90. The standard InChI is InChI=1S/C20H24FNO2/c1-13-11-18(15(3)24-13)14(2)22-19(23)20(9-4-5-10-20)16-7-6-8-17(21)12-16/h6-8,11-12,14H,4-5,9-10H2,1-3H3,(H,22,23). The number of hydrogen-bond acceptors (Lipinski definition) is 2. The van der Waals surface area contributed by atoms with Gasteiger partial charge in [0.2, 0.25) is 5.91 Å². The Morgan fingerprint density at radius 2 is 1.96 bits per heavy atom. The van der Waals surface area contributed by atoms with Gasteiger partial charge in [-0.05, 0) is 57.4 Å². The summed E-state index contributed by atoms with van der Waals surface area (Å²) in [6.45, 7) is 5.77. The van der Waals surface area contributed by atoms with Crippen molar-refractivity contribution in [1.29, 1.82) is 0 Å².